The molecule has 1 aromatic carbocycles. The van der Waals surface area contributed by atoms with Crippen molar-refractivity contribution < 1.29 is 14.7 Å². The molecule has 0 radical (unpaired) electrons. The molecule has 0 unspecified atom stereocenters. The lowest BCUT2D eigenvalue weighted by Gasteiger charge is -2.14. The Morgan fingerprint density at radius 3 is 2.53 bits per heavy atom. The van der Waals surface area contributed by atoms with Crippen LogP contribution in [0.4, 0.5) is 0 Å². The van der Waals surface area contributed by atoms with Crippen molar-refractivity contribution in [3.63, 3.8) is 0 Å². The van der Waals surface area contributed by atoms with Crippen LogP contribution in [0.25, 0.3) is 0 Å². The van der Waals surface area contributed by atoms with E-state index in [2.05, 4.69) is 10.3 Å². The van der Waals surface area contributed by atoms with Crippen LogP contribution in [0.3, 0.4) is 0 Å². The van der Waals surface area contributed by atoms with Gasteiger partial charge < -0.3 is 15.4 Å². The van der Waals surface area contributed by atoms with E-state index in [1.807, 2.05) is 30.3 Å². The van der Waals surface area contributed by atoms with Gasteiger partial charge in [-0.3, -0.25) is 4.79 Å². The first kappa shape index (κ1) is 12.9. The highest BCUT2D eigenvalue weighted by molar-refractivity contribution is 5.96. The summed E-state index contributed by atoms with van der Waals surface area (Å²) in [5.74, 6) is -1.45. The van der Waals surface area contributed by atoms with E-state index >= 15 is 0 Å². The maximum absolute atomic E-state index is 11.8. The summed E-state index contributed by atoms with van der Waals surface area (Å²) in [5.41, 5.74) is 1.28. The maximum atomic E-state index is 11.8. The summed E-state index contributed by atoms with van der Waals surface area (Å²) in [4.78, 5) is 25.8. The van der Waals surface area contributed by atoms with Gasteiger partial charge in [-0.15, -0.1) is 0 Å². The van der Waals surface area contributed by atoms with Crippen molar-refractivity contribution in [1.82, 2.24) is 10.3 Å². The first-order valence-electron chi connectivity index (χ1n) is 5.87. The van der Waals surface area contributed by atoms with Gasteiger partial charge in [-0.25, -0.2) is 4.79 Å². The molecule has 1 aromatic heterocycles. The Morgan fingerprint density at radius 1 is 1.21 bits per heavy atom. The second-order valence-electron chi connectivity index (χ2n) is 4.15. The Kier molecular flexibility index (Phi) is 3.97. The van der Waals surface area contributed by atoms with Crippen LogP contribution in [0.2, 0.25) is 0 Å². The number of aliphatic carboxylic acids is 1. The predicted molar refractivity (Wildman–Crippen MR) is 69.8 cm³/mol. The van der Waals surface area contributed by atoms with Gasteiger partial charge in [-0.05, 0) is 11.6 Å². The van der Waals surface area contributed by atoms with Crippen LogP contribution in [-0.2, 0) is 11.2 Å². The van der Waals surface area contributed by atoms with E-state index in [0.717, 1.165) is 5.56 Å². The van der Waals surface area contributed by atoms with E-state index in [9.17, 15) is 9.59 Å². The fourth-order valence-electron chi connectivity index (χ4n) is 1.76. The SMILES string of the molecule is O=C(N[C@@H](Cc1ccccc1)C(=O)O)c1cc[nH]c1. The van der Waals surface area contributed by atoms with Crippen LogP contribution in [0.15, 0.2) is 48.8 Å². The lowest BCUT2D eigenvalue weighted by Crippen LogP contribution is -2.42. The molecule has 5 nitrogen and oxygen atoms in total. The highest BCUT2D eigenvalue weighted by Gasteiger charge is 2.21. The Balaban J connectivity index is 2.05. The molecule has 1 heterocycles. The molecule has 5 heteroatoms. The van der Waals surface area contributed by atoms with Crippen molar-refractivity contribution in [2.24, 2.45) is 0 Å². The third kappa shape index (κ3) is 3.45. The zero-order valence-electron chi connectivity index (χ0n) is 10.2. The van der Waals surface area contributed by atoms with Gasteiger partial charge in [0, 0.05) is 18.8 Å². The molecule has 1 amide bonds. The van der Waals surface area contributed by atoms with Gasteiger partial charge in [-0.1, -0.05) is 30.3 Å². The van der Waals surface area contributed by atoms with Gasteiger partial charge in [0.15, 0.2) is 0 Å². The molecule has 19 heavy (non-hydrogen) atoms. The zero-order chi connectivity index (χ0) is 13.7. The maximum Gasteiger partial charge on any atom is 0.326 e. The number of H-pyrrole nitrogens is 1. The van der Waals surface area contributed by atoms with E-state index < -0.39 is 17.9 Å². The molecule has 0 spiro atoms. The van der Waals surface area contributed by atoms with E-state index in [1.54, 1.807) is 12.3 Å². The van der Waals surface area contributed by atoms with Gasteiger partial charge in [0.05, 0.1) is 5.56 Å². The van der Waals surface area contributed by atoms with Crippen molar-refractivity contribution in [3.05, 3.63) is 59.9 Å². The van der Waals surface area contributed by atoms with Crippen molar-refractivity contribution in [2.45, 2.75) is 12.5 Å². The van der Waals surface area contributed by atoms with E-state index in [1.165, 1.54) is 6.20 Å². The van der Waals surface area contributed by atoms with Crippen molar-refractivity contribution >= 4 is 11.9 Å². The monoisotopic (exact) mass is 258 g/mol. The highest BCUT2D eigenvalue weighted by Crippen LogP contribution is 2.05. The molecule has 2 aromatic rings. The van der Waals surface area contributed by atoms with Crippen molar-refractivity contribution in [1.29, 1.82) is 0 Å². The smallest absolute Gasteiger partial charge is 0.326 e. The first-order chi connectivity index (χ1) is 9.16. The Morgan fingerprint density at radius 2 is 1.95 bits per heavy atom. The third-order valence-electron chi connectivity index (χ3n) is 2.75. The fraction of sp³-hybridized carbons (Fsp3) is 0.143. The number of hydrogen-bond donors (Lipinski definition) is 3. The summed E-state index contributed by atoms with van der Waals surface area (Å²) < 4.78 is 0. The van der Waals surface area contributed by atoms with Gasteiger partial charge in [0.25, 0.3) is 5.91 Å². The Labute approximate surface area is 110 Å². The van der Waals surface area contributed by atoms with Crippen molar-refractivity contribution in [2.75, 3.05) is 0 Å². The third-order valence-corrected chi connectivity index (χ3v) is 2.75. The number of aromatic nitrogens is 1. The number of hydrogen-bond acceptors (Lipinski definition) is 2. The lowest BCUT2D eigenvalue weighted by molar-refractivity contribution is -0.139. The minimum absolute atomic E-state index is 0.256. The number of nitrogens with one attached hydrogen (secondary N) is 2. The van der Waals surface area contributed by atoms with Crippen LogP contribution >= 0.6 is 0 Å². The molecule has 0 fully saturated rings. The molecule has 0 aliphatic rings. The number of rotatable bonds is 5. The minimum atomic E-state index is -1.05. The van der Waals surface area contributed by atoms with E-state index in [0.29, 0.717) is 5.56 Å². The van der Waals surface area contributed by atoms with Crippen molar-refractivity contribution in [3.8, 4) is 0 Å². The molecule has 3 N–H and O–H groups in total. The van der Waals surface area contributed by atoms with Gasteiger partial charge in [-0.2, -0.15) is 0 Å². The summed E-state index contributed by atoms with van der Waals surface area (Å²) in [6.45, 7) is 0. The van der Waals surface area contributed by atoms with Gasteiger partial charge in [0.1, 0.15) is 6.04 Å². The summed E-state index contributed by atoms with van der Waals surface area (Å²) in [7, 11) is 0. The van der Waals surface area contributed by atoms with Crippen LogP contribution in [0.1, 0.15) is 15.9 Å². The fourth-order valence-corrected chi connectivity index (χ4v) is 1.76. The number of aromatic amines is 1. The lowest BCUT2D eigenvalue weighted by atomic mass is 10.1. The molecule has 0 bridgehead atoms. The molecular formula is C14H14N2O3. The van der Waals surface area contributed by atoms with Crippen LogP contribution in [-0.4, -0.2) is 28.0 Å². The second kappa shape index (κ2) is 5.86. The Hall–Kier alpha value is -2.56. The van der Waals surface area contributed by atoms with Crippen LogP contribution in [0, 0.1) is 0 Å². The predicted octanol–water partition coefficient (Wildman–Crippen LogP) is 1.44. The normalized spacial score (nSPS) is 11.8. The van der Waals surface area contributed by atoms with E-state index in [4.69, 9.17) is 5.11 Å². The standard InChI is InChI=1S/C14H14N2O3/c17-13(11-6-7-15-9-11)16-12(14(18)19)8-10-4-2-1-3-5-10/h1-7,9,12,15H,8H2,(H,16,17)(H,18,19)/t12-/m0/s1. The first-order valence-corrected chi connectivity index (χ1v) is 5.87. The number of amides is 1. The molecule has 0 aliphatic carbocycles. The molecule has 1 atom stereocenters. The summed E-state index contributed by atoms with van der Waals surface area (Å²) in [5, 5.41) is 11.7. The molecule has 98 valence electrons. The largest absolute Gasteiger partial charge is 0.480 e. The summed E-state index contributed by atoms with van der Waals surface area (Å²) in [6, 6.07) is 9.85. The zero-order valence-corrected chi connectivity index (χ0v) is 10.2. The average Bonchev–Trinajstić information content (AvgIpc) is 2.93. The Bertz CT molecular complexity index is 549. The van der Waals surface area contributed by atoms with E-state index in [-0.39, 0.29) is 6.42 Å². The number of carbonyl (C=O) groups is 2. The number of carbonyl (C=O) groups excluding carboxylic acids is 1. The molecule has 0 saturated heterocycles. The topological polar surface area (TPSA) is 82.2 Å². The quantitative estimate of drug-likeness (QED) is 0.759. The van der Waals surface area contributed by atoms with Gasteiger partial charge in [0.2, 0.25) is 0 Å². The molecule has 2 rings (SSSR count). The molecular weight excluding hydrogens is 244 g/mol. The number of carboxylic acid groups (broad SMARTS) is 1. The van der Waals surface area contributed by atoms with Crippen LogP contribution in [0.5, 0.6) is 0 Å². The number of carboxylic acids is 1. The summed E-state index contributed by atoms with van der Waals surface area (Å²) in [6.07, 6.45) is 3.39. The number of benzene rings is 1. The molecule has 0 aliphatic heterocycles. The van der Waals surface area contributed by atoms with Gasteiger partial charge >= 0.3 is 5.97 Å². The summed E-state index contributed by atoms with van der Waals surface area (Å²) >= 11 is 0. The average molecular weight is 258 g/mol. The molecule has 0 saturated carbocycles. The van der Waals surface area contributed by atoms with Crippen LogP contribution < -0.4 is 5.32 Å². The second-order valence-corrected chi connectivity index (χ2v) is 4.15. The highest BCUT2D eigenvalue weighted by atomic mass is 16.4. The minimum Gasteiger partial charge on any atom is -0.480 e.